The fourth-order valence-corrected chi connectivity index (χ4v) is 1.19. The van der Waals surface area contributed by atoms with Crippen LogP contribution in [0.5, 0.6) is 0 Å². The lowest BCUT2D eigenvalue weighted by atomic mass is 10.4. The Labute approximate surface area is 77.1 Å². The number of H-pyrrole nitrogens is 1. The van der Waals surface area contributed by atoms with E-state index in [-0.39, 0.29) is 0 Å². The van der Waals surface area contributed by atoms with Gasteiger partial charge in [0.05, 0.1) is 0 Å². The van der Waals surface area contributed by atoms with E-state index in [0.717, 1.165) is 5.82 Å². The first-order valence-corrected chi connectivity index (χ1v) is 4.20. The van der Waals surface area contributed by atoms with Gasteiger partial charge in [0, 0.05) is 0 Å². The smallest absolute Gasteiger partial charge is 0.216 e. The maximum Gasteiger partial charge on any atom is 0.216 e. The molecule has 12 heavy (non-hydrogen) atoms. The molecular weight excluding hydrogens is 222 g/mol. The van der Waals surface area contributed by atoms with Crippen molar-refractivity contribution in [3.8, 4) is 11.6 Å². The molecule has 2 aromatic rings. The molecule has 0 unspecified atom stereocenters. The summed E-state index contributed by atoms with van der Waals surface area (Å²) >= 11 is 3.20. The van der Waals surface area contributed by atoms with Crippen LogP contribution >= 0.6 is 15.9 Å². The first-order chi connectivity index (χ1) is 5.75. The lowest BCUT2D eigenvalue weighted by Gasteiger charge is -1.84. The van der Waals surface area contributed by atoms with Crippen molar-refractivity contribution in [2.75, 3.05) is 0 Å². The second-order valence-electron chi connectivity index (χ2n) is 2.35. The predicted octanol–water partition coefficient (Wildman–Crippen LogP) is 2.14. The number of halogens is 1. The lowest BCUT2D eigenvalue weighted by molar-refractivity contribution is 0.551. The number of hydrogen-bond donors (Lipinski definition) is 1. The number of hydrogen-bond acceptors (Lipinski definition) is 3. The molecule has 4 nitrogen and oxygen atoms in total. The van der Waals surface area contributed by atoms with Crippen molar-refractivity contribution in [1.82, 2.24) is 15.2 Å². The fraction of sp³-hybridized carbons (Fsp3) is 0.143. The summed E-state index contributed by atoms with van der Waals surface area (Å²) in [6.45, 7) is 1.84. The summed E-state index contributed by atoms with van der Waals surface area (Å²) in [7, 11) is 0. The van der Waals surface area contributed by atoms with Crippen LogP contribution in [0.25, 0.3) is 11.6 Å². The molecule has 2 heterocycles. The van der Waals surface area contributed by atoms with Crippen LogP contribution in [-0.2, 0) is 0 Å². The summed E-state index contributed by atoms with van der Waals surface area (Å²) in [4.78, 5) is 4.11. The van der Waals surface area contributed by atoms with Gasteiger partial charge in [-0.05, 0) is 35.0 Å². The number of nitrogens with zero attached hydrogens (tertiary/aromatic N) is 2. The average molecular weight is 228 g/mol. The Morgan fingerprint density at radius 1 is 1.50 bits per heavy atom. The van der Waals surface area contributed by atoms with E-state index in [0.29, 0.717) is 16.3 Å². The zero-order valence-electron chi connectivity index (χ0n) is 6.34. The lowest BCUT2D eigenvalue weighted by Crippen LogP contribution is -1.75. The van der Waals surface area contributed by atoms with Gasteiger partial charge in [-0.1, -0.05) is 0 Å². The number of aryl methyl sites for hydroxylation is 1. The molecule has 5 heteroatoms. The Hall–Kier alpha value is -1.10. The summed E-state index contributed by atoms with van der Waals surface area (Å²) in [6.07, 6.45) is 0. The van der Waals surface area contributed by atoms with Crippen molar-refractivity contribution in [1.29, 1.82) is 0 Å². The van der Waals surface area contributed by atoms with E-state index in [1.807, 2.05) is 13.0 Å². The van der Waals surface area contributed by atoms with E-state index in [1.165, 1.54) is 0 Å². The molecule has 2 rings (SSSR count). The first kappa shape index (κ1) is 7.54. The highest BCUT2D eigenvalue weighted by Crippen LogP contribution is 2.21. The standard InChI is InChI=1S/C7H6BrN3O/c1-4-9-7(11-10-4)5-2-3-6(8)12-5/h2-3H,1H3,(H,9,10,11). The fourth-order valence-electron chi connectivity index (χ4n) is 0.887. The highest BCUT2D eigenvalue weighted by Gasteiger charge is 2.07. The van der Waals surface area contributed by atoms with E-state index in [2.05, 4.69) is 31.1 Å². The Kier molecular flexibility index (Phi) is 1.73. The molecule has 0 saturated carbocycles. The number of nitrogens with one attached hydrogen (secondary N) is 1. The van der Waals surface area contributed by atoms with Gasteiger partial charge < -0.3 is 4.42 Å². The maximum absolute atomic E-state index is 5.25. The molecule has 0 aliphatic carbocycles. The van der Waals surface area contributed by atoms with Crippen molar-refractivity contribution in [2.45, 2.75) is 6.92 Å². The second kappa shape index (κ2) is 2.75. The summed E-state index contributed by atoms with van der Waals surface area (Å²) in [5.74, 6) is 2.02. The van der Waals surface area contributed by atoms with Gasteiger partial charge >= 0.3 is 0 Å². The minimum absolute atomic E-state index is 0.582. The van der Waals surface area contributed by atoms with Crippen LogP contribution in [0.1, 0.15) is 5.82 Å². The average Bonchev–Trinajstić information content (AvgIpc) is 2.58. The molecule has 0 aromatic carbocycles. The largest absolute Gasteiger partial charge is 0.446 e. The van der Waals surface area contributed by atoms with Crippen molar-refractivity contribution in [3.05, 3.63) is 22.6 Å². The summed E-state index contributed by atoms with van der Waals surface area (Å²) in [6, 6.07) is 3.62. The molecule has 2 aromatic heterocycles. The number of furan rings is 1. The molecule has 1 N–H and O–H groups in total. The van der Waals surface area contributed by atoms with Gasteiger partial charge in [-0.3, -0.25) is 5.10 Å². The van der Waals surface area contributed by atoms with Crippen molar-refractivity contribution >= 4 is 15.9 Å². The zero-order chi connectivity index (χ0) is 8.55. The van der Waals surface area contributed by atoms with Gasteiger partial charge in [-0.25, -0.2) is 4.98 Å². The Bertz CT molecular complexity index is 355. The van der Waals surface area contributed by atoms with Gasteiger partial charge in [0.15, 0.2) is 10.4 Å². The molecule has 0 fully saturated rings. The van der Waals surface area contributed by atoms with Crippen molar-refractivity contribution in [2.24, 2.45) is 0 Å². The monoisotopic (exact) mass is 227 g/mol. The summed E-state index contributed by atoms with van der Waals surface area (Å²) < 4.78 is 5.94. The highest BCUT2D eigenvalue weighted by molar-refractivity contribution is 9.10. The van der Waals surface area contributed by atoms with Crippen LogP contribution in [-0.4, -0.2) is 15.2 Å². The quantitative estimate of drug-likeness (QED) is 0.813. The van der Waals surface area contributed by atoms with E-state index in [9.17, 15) is 0 Å². The van der Waals surface area contributed by atoms with Crippen molar-refractivity contribution < 1.29 is 4.42 Å². The third-order valence-electron chi connectivity index (χ3n) is 1.39. The number of aromatic nitrogens is 3. The Morgan fingerprint density at radius 2 is 2.33 bits per heavy atom. The SMILES string of the molecule is Cc1nc(-c2ccc(Br)o2)n[nH]1. The van der Waals surface area contributed by atoms with Gasteiger partial charge in [-0.15, -0.1) is 0 Å². The molecule has 0 spiro atoms. The normalized spacial score (nSPS) is 10.5. The predicted molar refractivity (Wildman–Crippen MR) is 46.5 cm³/mol. The van der Waals surface area contributed by atoms with Gasteiger partial charge in [-0.2, -0.15) is 5.10 Å². The minimum Gasteiger partial charge on any atom is -0.446 e. The van der Waals surface area contributed by atoms with Crippen LogP contribution in [0, 0.1) is 6.92 Å². The highest BCUT2D eigenvalue weighted by atomic mass is 79.9. The molecule has 0 aliphatic heterocycles. The molecular formula is C7H6BrN3O. The zero-order valence-corrected chi connectivity index (χ0v) is 7.92. The van der Waals surface area contributed by atoms with E-state index < -0.39 is 0 Å². The van der Waals surface area contributed by atoms with E-state index >= 15 is 0 Å². The van der Waals surface area contributed by atoms with Gasteiger partial charge in [0.2, 0.25) is 5.82 Å². The van der Waals surface area contributed by atoms with Crippen LogP contribution in [0.4, 0.5) is 0 Å². The van der Waals surface area contributed by atoms with E-state index in [4.69, 9.17) is 4.42 Å². The van der Waals surface area contributed by atoms with E-state index in [1.54, 1.807) is 6.07 Å². The molecule has 0 atom stereocenters. The third-order valence-corrected chi connectivity index (χ3v) is 1.82. The van der Waals surface area contributed by atoms with Crippen LogP contribution in [0.15, 0.2) is 21.2 Å². The molecule has 62 valence electrons. The van der Waals surface area contributed by atoms with Gasteiger partial charge in [0.1, 0.15) is 5.82 Å². The molecule has 0 saturated heterocycles. The number of rotatable bonds is 1. The van der Waals surface area contributed by atoms with Gasteiger partial charge in [0.25, 0.3) is 0 Å². The second-order valence-corrected chi connectivity index (χ2v) is 3.13. The van der Waals surface area contributed by atoms with Crippen LogP contribution in [0.2, 0.25) is 0 Å². The molecule has 0 aliphatic rings. The Balaban J connectivity index is 2.43. The molecule has 0 radical (unpaired) electrons. The van der Waals surface area contributed by atoms with Crippen LogP contribution < -0.4 is 0 Å². The Morgan fingerprint density at radius 3 is 2.83 bits per heavy atom. The third kappa shape index (κ3) is 1.27. The first-order valence-electron chi connectivity index (χ1n) is 3.40. The van der Waals surface area contributed by atoms with Crippen molar-refractivity contribution in [3.63, 3.8) is 0 Å². The maximum atomic E-state index is 5.25. The number of aromatic amines is 1. The summed E-state index contributed by atoms with van der Waals surface area (Å²) in [5.41, 5.74) is 0. The van der Waals surface area contributed by atoms with Crippen LogP contribution in [0.3, 0.4) is 0 Å². The molecule has 0 amide bonds. The minimum atomic E-state index is 0.582. The summed E-state index contributed by atoms with van der Waals surface area (Å²) in [5, 5.41) is 6.69. The molecule has 0 bridgehead atoms. The topological polar surface area (TPSA) is 54.7 Å².